The van der Waals surface area contributed by atoms with Crippen LogP contribution in [-0.4, -0.2) is 35.6 Å². The molecule has 8 heteroatoms. The summed E-state index contributed by atoms with van der Waals surface area (Å²) < 4.78 is 10.8. The first-order chi connectivity index (χ1) is 14.6. The molecule has 1 amide bonds. The maximum Gasteiger partial charge on any atom is 0.358 e. The van der Waals surface area contributed by atoms with E-state index in [2.05, 4.69) is 25.6 Å². The van der Waals surface area contributed by atoms with Crippen LogP contribution in [0.5, 0.6) is 11.5 Å². The molecule has 0 saturated carbocycles. The number of carbonyl (C=O) groups excluding carboxylic acids is 1. The van der Waals surface area contributed by atoms with E-state index in [0.717, 1.165) is 33.7 Å². The first-order valence-corrected chi connectivity index (χ1v) is 9.81. The summed E-state index contributed by atoms with van der Waals surface area (Å²) in [4.78, 5) is 24.7. The Labute approximate surface area is 174 Å². The highest BCUT2D eigenvalue weighted by Crippen LogP contribution is 2.23. The molecule has 0 bridgehead atoms. The molecular formula is C22H24N5O3+. The van der Waals surface area contributed by atoms with Gasteiger partial charge in [0.25, 0.3) is 11.9 Å². The van der Waals surface area contributed by atoms with Gasteiger partial charge in [0.15, 0.2) is 0 Å². The minimum absolute atomic E-state index is 0.0871. The summed E-state index contributed by atoms with van der Waals surface area (Å²) in [5, 5.41) is 6.84. The number of aryl methyl sites for hydroxylation is 1. The van der Waals surface area contributed by atoms with Crippen molar-refractivity contribution in [2.75, 3.05) is 19.0 Å². The average molecular weight is 406 g/mol. The van der Waals surface area contributed by atoms with Crippen molar-refractivity contribution < 1.29 is 19.3 Å². The third-order valence-corrected chi connectivity index (χ3v) is 4.90. The molecule has 1 aliphatic heterocycles. The standard InChI is InChI=1S/C22H23N5O3/c1-4-30-16-9-10-18-17(11-16)13(2)23-21(24-18)27-22-25-19(12-20(28)26-22)14-5-7-15(29-3)8-6-14/h5-11,19H,4,12H2,1-3H3,(H2,23,24,25,26,27,28)/p+1/t19-/m1/s1. The van der Waals surface area contributed by atoms with Crippen molar-refractivity contribution >= 4 is 28.7 Å². The van der Waals surface area contributed by atoms with Crippen LogP contribution in [0.15, 0.2) is 42.5 Å². The SMILES string of the molecule is CCOc1ccc2nc(NC3=[NH+][C@@H](c4ccc(OC)cc4)CC(=O)N3)nc(C)c2c1. The van der Waals surface area contributed by atoms with Crippen molar-refractivity contribution in [1.82, 2.24) is 15.3 Å². The van der Waals surface area contributed by atoms with E-state index in [4.69, 9.17) is 9.47 Å². The maximum absolute atomic E-state index is 12.3. The highest BCUT2D eigenvalue weighted by molar-refractivity contribution is 6.01. The van der Waals surface area contributed by atoms with Crippen molar-refractivity contribution in [3.8, 4) is 11.5 Å². The van der Waals surface area contributed by atoms with E-state index in [1.54, 1.807) is 7.11 Å². The van der Waals surface area contributed by atoms with Gasteiger partial charge in [-0.05, 0) is 49.7 Å². The number of aromatic nitrogens is 2. The lowest BCUT2D eigenvalue weighted by atomic mass is 10.0. The van der Waals surface area contributed by atoms with Gasteiger partial charge in [-0.2, -0.15) is 4.98 Å². The third-order valence-electron chi connectivity index (χ3n) is 4.90. The predicted molar refractivity (Wildman–Crippen MR) is 114 cm³/mol. The summed E-state index contributed by atoms with van der Waals surface area (Å²) in [6.07, 6.45) is 0.329. The zero-order valence-corrected chi connectivity index (χ0v) is 17.2. The molecule has 4 rings (SSSR count). The van der Waals surface area contributed by atoms with Crippen molar-refractivity contribution in [2.24, 2.45) is 0 Å². The Morgan fingerprint density at radius 3 is 2.67 bits per heavy atom. The number of ether oxygens (including phenoxy) is 2. The van der Waals surface area contributed by atoms with E-state index in [9.17, 15) is 4.79 Å². The number of fused-ring (bicyclic) bond motifs is 1. The molecule has 0 saturated heterocycles. The second kappa shape index (κ2) is 8.36. The molecule has 2 aromatic carbocycles. The smallest absolute Gasteiger partial charge is 0.358 e. The Hall–Kier alpha value is -3.68. The fraction of sp³-hybridized carbons (Fsp3) is 0.273. The minimum atomic E-state index is -0.164. The van der Waals surface area contributed by atoms with Crippen LogP contribution in [0, 0.1) is 6.92 Å². The Morgan fingerprint density at radius 2 is 1.93 bits per heavy atom. The fourth-order valence-corrected chi connectivity index (χ4v) is 3.43. The number of nitrogens with one attached hydrogen (secondary N) is 3. The van der Waals surface area contributed by atoms with Gasteiger partial charge in [-0.15, -0.1) is 0 Å². The van der Waals surface area contributed by atoms with Gasteiger partial charge < -0.3 is 9.47 Å². The molecule has 0 spiro atoms. The van der Waals surface area contributed by atoms with Crippen LogP contribution in [-0.2, 0) is 4.79 Å². The van der Waals surface area contributed by atoms with E-state index in [0.29, 0.717) is 24.9 Å². The first-order valence-electron chi connectivity index (χ1n) is 9.81. The van der Waals surface area contributed by atoms with Crippen LogP contribution >= 0.6 is 0 Å². The number of methoxy groups -OCH3 is 1. The zero-order chi connectivity index (χ0) is 21.1. The van der Waals surface area contributed by atoms with Crippen LogP contribution in [0.25, 0.3) is 10.9 Å². The number of nitrogens with zero attached hydrogens (tertiary/aromatic N) is 2. The molecule has 0 unspecified atom stereocenters. The maximum atomic E-state index is 12.3. The summed E-state index contributed by atoms with van der Waals surface area (Å²) in [5.41, 5.74) is 2.60. The van der Waals surface area contributed by atoms with Crippen molar-refractivity contribution in [3.05, 3.63) is 53.7 Å². The molecular weight excluding hydrogens is 382 g/mol. The highest BCUT2D eigenvalue weighted by Gasteiger charge is 2.28. The first kappa shape index (κ1) is 19.6. The molecule has 0 fully saturated rings. The van der Waals surface area contributed by atoms with Crippen LogP contribution in [0.2, 0.25) is 0 Å². The lowest BCUT2D eigenvalue weighted by Gasteiger charge is -2.17. The number of benzene rings is 2. The Bertz CT molecular complexity index is 1110. The summed E-state index contributed by atoms with van der Waals surface area (Å²) in [5.74, 6) is 2.33. The van der Waals surface area contributed by atoms with Gasteiger partial charge in [0.2, 0.25) is 0 Å². The van der Waals surface area contributed by atoms with E-state index in [-0.39, 0.29) is 11.9 Å². The van der Waals surface area contributed by atoms with E-state index < -0.39 is 0 Å². The average Bonchev–Trinajstić information content (AvgIpc) is 2.74. The van der Waals surface area contributed by atoms with E-state index >= 15 is 0 Å². The minimum Gasteiger partial charge on any atom is -0.497 e. The molecule has 1 aromatic heterocycles. The number of amides is 1. The monoisotopic (exact) mass is 406 g/mol. The number of carbonyl (C=O) groups is 1. The lowest BCUT2D eigenvalue weighted by Crippen LogP contribution is -2.82. The van der Waals surface area contributed by atoms with Gasteiger partial charge in [0.05, 0.1) is 31.3 Å². The number of rotatable bonds is 5. The number of guanidine groups is 1. The largest absolute Gasteiger partial charge is 0.497 e. The summed E-state index contributed by atoms with van der Waals surface area (Å²) >= 11 is 0. The van der Waals surface area contributed by atoms with Gasteiger partial charge in [-0.1, -0.05) is 12.1 Å². The zero-order valence-electron chi connectivity index (χ0n) is 17.2. The summed E-state index contributed by atoms with van der Waals surface area (Å²) in [6, 6.07) is 13.2. The van der Waals surface area contributed by atoms with Gasteiger partial charge >= 0.3 is 5.96 Å². The van der Waals surface area contributed by atoms with Crippen molar-refractivity contribution in [1.29, 1.82) is 0 Å². The topological polar surface area (TPSA) is 99.3 Å². The molecule has 8 nitrogen and oxygen atoms in total. The van der Waals surface area contributed by atoms with Crippen LogP contribution in [0.4, 0.5) is 5.95 Å². The van der Waals surface area contributed by atoms with Crippen molar-refractivity contribution in [3.63, 3.8) is 0 Å². The van der Waals surface area contributed by atoms with Gasteiger partial charge in [-0.25, -0.2) is 15.6 Å². The second-order valence-electron chi connectivity index (χ2n) is 6.97. The Balaban J connectivity index is 1.60. The predicted octanol–water partition coefficient (Wildman–Crippen LogP) is 1.46. The Morgan fingerprint density at radius 1 is 1.17 bits per heavy atom. The van der Waals surface area contributed by atoms with Gasteiger partial charge in [0.1, 0.15) is 17.5 Å². The van der Waals surface area contributed by atoms with Gasteiger partial charge in [0, 0.05) is 5.39 Å². The molecule has 154 valence electrons. The fourth-order valence-electron chi connectivity index (χ4n) is 3.43. The molecule has 0 radical (unpaired) electrons. The molecule has 2 heterocycles. The summed E-state index contributed by atoms with van der Waals surface area (Å²) in [6.45, 7) is 4.47. The summed E-state index contributed by atoms with van der Waals surface area (Å²) in [7, 11) is 1.63. The quantitative estimate of drug-likeness (QED) is 0.593. The van der Waals surface area contributed by atoms with Gasteiger partial charge in [-0.3, -0.25) is 9.79 Å². The molecule has 1 atom stereocenters. The normalized spacial score (nSPS) is 16.0. The van der Waals surface area contributed by atoms with E-state index in [1.807, 2.05) is 56.3 Å². The Kier molecular flexibility index (Phi) is 5.47. The third kappa shape index (κ3) is 4.17. The number of anilines is 1. The molecule has 1 aliphatic rings. The molecule has 3 N–H and O–H groups in total. The van der Waals surface area contributed by atoms with Crippen LogP contribution < -0.4 is 25.1 Å². The van der Waals surface area contributed by atoms with E-state index in [1.165, 1.54) is 0 Å². The van der Waals surface area contributed by atoms with Crippen LogP contribution in [0.3, 0.4) is 0 Å². The lowest BCUT2D eigenvalue weighted by molar-refractivity contribution is -0.513. The number of hydrogen-bond acceptors (Lipinski definition) is 6. The second-order valence-corrected chi connectivity index (χ2v) is 6.97. The van der Waals surface area contributed by atoms with Crippen molar-refractivity contribution in [2.45, 2.75) is 26.3 Å². The highest BCUT2D eigenvalue weighted by atomic mass is 16.5. The van der Waals surface area contributed by atoms with Crippen LogP contribution in [0.1, 0.15) is 30.6 Å². The molecule has 3 aromatic rings. The number of hydrogen-bond donors (Lipinski definition) is 3. The molecule has 0 aliphatic carbocycles. The molecule has 30 heavy (non-hydrogen) atoms.